The largest absolute Gasteiger partial charge is 0.360 e. The van der Waals surface area contributed by atoms with Gasteiger partial charge in [0.05, 0.1) is 17.2 Å². The zero-order chi connectivity index (χ0) is 16.5. The second kappa shape index (κ2) is 6.32. The summed E-state index contributed by atoms with van der Waals surface area (Å²) in [4.78, 5) is 16.5. The number of aromatic amines is 1. The molecule has 1 saturated heterocycles. The third-order valence-corrected chi connectivity index (χ3v) is 5.44. The van der Waals surface area contributed by atoms with Gasteiger partial charge in [0.2, 0.25) is 5.56 Å². The number of halogens is 1. The van der Waals surface area contributed by atoms with Crippen molar-refractivity contribution in [1.82, 2.24) is 4.98 Å². The lowest BCUT2D eigenvalue weighted by Crippen LogP contribution is -2.36. The highest BCUT2D eigenvalue weighted by atomic mass is 32.2. The Bertz CT molecular complexity index is 926. The van der Waals surface area contributed by atoms with E-state index in [0.717, 1.165) is 18.1 Å². The van der Waals surface area contributed by atoms with E-state index in [4.69, 9.17) is 0 Å². The van der Waals surface area contributed by atoms with Gasteiger partial charge in [-0.15, -0.1) is 0 Å². The van der Waals surface area contributed by atoms with Crippen LogP contribution in [0.3, 0.4) is 0 Å². The molecule has 1 N–H and O–H groups in total. The Balaban J connectivity index is 1.81. The molecule has 0 amide bonds. The van der Waals surface area contributed by atoms with Crippen LogP contribution >= 0.6 is 11.8 Å². The summed E-state index contributed by atoms with van der Waals surface area (Å²) in [5.41, 5.74) is 2.24. The maximum atomic E-state index is 14.8. The fraction of sp³-hybridized carbons (Fsp3) is 0.211. The summed E-state index contributed by atoms with van der Waals surface area (Å²) in [5, 5.41) is 0.707. The van der Waals surface area contributed by atoms with Crippen molar-refractivity contribution in [2.75, 3.05) is 23.0 Å². The maximum Gasteiger partial charge on any atom is 0.248 e. The molecule has 1 aromatic heterocycles. The fourth-order valence-electron chi connectivity index (χ4n) is 3.23. The standard InChI is InChI=1S/C19H17FN2OS/c20-15-10-14-6-7-19(23)21-16(14)11-17(15)22-8-9-24-12-18(22)13-4-2-1-3-5-13/h1-7,10-11,18H,8-9,12H2,(H,21,23). The van der Waals surface area contributed by atoms with Crippen LogP contribution in [0.5, 0.6) is 0 Å². The van der Waals surface area contributed by atoms with Crippen LogP contribution in [0.25, 0.3) is 10.9 Å². The third kappa shape index (κ3) is 2.80. The molecule has 0 radical (unpaired) electrons. The number of anilines is 1. The molecule has 0 spiro atoms. The van der Waals surface area contributed by atoms with Gasteiger partial charge < -0.3 is 9.88 Å². The topological polar surface area (TPSA) is 36.1 Å². The minimum absolute atomic E-state index is 0.132. The summed E-state index contributed by atoms with van der Waals surface area (Å²) in [7, 11) is 0. The van der Waals surface area contributed by atoms with Crippen molar-refractivity contribution in [1.29, 1.82) is 0 Å². The van der Waals surface area contributed by atoms with Crippen molar-refractivity contribution in [3.05, 3.63) is 76.3 Å². The van der Waals surface area contributed by atoms with Crippen LogP contribution in [0.4, 0.5) is 10.1 Å². The number of aromatic nitrogens is 1. The quantitative estimate of drug-likeness (QED) is 0.767. The van der Waals surface area contributed by atoms with E-state index in [2.05, 4.69) is 22.0 Å². The first-order valence-corrected chi connectivity index (χ1v) is 9.10. The predicted octanol–water partition coefficient (Wildman–Crippen LogP) is 3.96. The van der Waals surface area contributed by atoms with Gasteiger partial charge >= 0.3 is 0 Å². The van der Waals surface area contributed by atoms with E-state index < -0.39 is 0 Å². The molecular formula is C19H17FN2OS. The molecule has 1 aliphatic rings. The average molecular weight is 340 g/mol. The van der Waals surface area contributed by atoms with Gasteiger partial charge in [0.25, 0.3) is 0 Å². The van der Waals surface area contributed by atoms with E-state index in [9.17, 15) is 9.18 Å². The number of benzene rings is 2. The first kappa shape index (κ1) is 15.3. The maximum absolute atomic E-state index is 14.8. The number of nitrogens with zero attached hydrogens (tertiary/aromatic N) is 1. The van der Waals surface area contributed by atoms with E-state index in [0.29, 0.717) is 16.6 Å². The fourth-order valence-corrected chi connectivity index (χ4v) is 4.31. The molecule has 1 atom stereocenters. The molecule has 3 nitrogen and oxygen atoms in total. The van der Waals surface area contributed by atoms with Crippen molar-refractivity contribution >= 4 is 28.4 Å². The number of H-pyrrole nitrogens is 1. The highest BCUT2D eigenvalue weighted by Crippen LogP contribution is 2.36. The van der Waals surface area contributed by atoms with E-state index in [1.807, 2.05) is 30.0 Å². The van der Waals surface area contributed by atoms with Crippen LogP contribution in [0, 0.1) is 5.82 Å². The molecular weight excluding hydrogens is 323 g/mol. The number of hydrogen-bond acceptors (Lipinski definition) is 3. The van der Waals surface area contributed by atoms with Gasteiger partial charge in [-0.25, -0.2) is 4.39 Å². The number of rotatable bonds is 2. The lowest BCUT2D eigenvalue weighted by molar-refractivity contribution is 0.602. The van der Waals surface area contributed by atoms with Crippen LogP contribution in [0.2, 0.25) is 0 Å². The molecule has 1 aliphatic heterocycles. The molecule has 0 saturated carbocycles. The lowest BCUT2D eigenvalue weighted by atomic mass is 10.0. The molecule has 24 heavy (non-hydrogen) atoms. The first-order valence-electron chi connectivity index (χ1n) is 7.94. The van der Waals surface area contributed by atoms with Crippen molar-refractivity contribution in [2.24, 2.45) is 0 Å². The number of hydrogen-bond donors (Lipinski definition) is 1. The minimum atomic E-state index is -0.248. The summed E-state index contributed by atoms with van der Waals surface area (Å²) < 4.78 is 14.8. The van der Waals surface area contributed by atoms with Gasteiger partial charge in [0.1, 0.15) is 5.82 Å². The summed E-state index contributed by atoms with van der Waals surface area (Å²) in [6.07, 6.45) is 0. The SMILES string of the molecule is O=c1ccc2cc(F)c(N3CCSCC3c3ccccc3)cc2[nH]1. The Morgan fingerprint density at radius 1 is 1.12 bits per heavy atom. The molecule has 3 aromatic rings. The summed E-state index contributed by atoms with van der Waals surface area (Å²) in [6, 6.07) is 16.7. The second-order valence-corrected chi connectivity index (χ2v) is 7.06. The molecule has 0 aliphatic carbocycles. The van der Waals surface area contributed by atoms with Crippen LogP contribution in [0.1, 0.15) is 11.6 Å². The van der Waals surface area contributed by atoms with Gasteiger partial charge in [-0.05, 0) is 23.8 Å². The Labute approximate surface area is 143 Å². The summed E-state index contributed by atoms with van der Waals surface area (Å²) in [6.45, 7) is 0.781. The number of nitrogens with one attached hydrogen (secondary N) is 1. The molecule has 1 unspecified atom stereocenters. The van der Waals surface area contributed by atoms with Crippen molar-refractivity contribution < 1.29 is 4.39 Å². The van der Waals surface area contributed by atoms with E-state index in [-0.39, 0.29) is 17.4 Å². The van der Waals surface area contributed by atoms with Gasteiger partial charge in [0.15, 0.2) is 0 Å². The zero-order valence-corrected chi connectivity index (χ0v) is 13.9. The first-order chi connectivity index (χ1) is 11.7. The van der Waals surface area contributed by atoms with Gasteiger partial charge in [-0.1, -0.05) is 30.3 Å². The Kier molecular flexibility index (Phi) is 4.02. The molecule has 2 aromatic carbocycles. The molecule has 0 bridgehead atoms. The van der Waals surface area contributed by atoms with Crippen LogP contribution in [-0.4, -0.2) is 23.0 Å². The van der Waals surface area contributed by atoms with Crippen LogP contribution in [-0.2, 0) is 0 Å². The smallest absolute Gasteiger partial charge is 0.248 e. The number of thioether (sulfide) groups is 1. The molecule has 1 fully saturated rings. The van der Waals surface area contributed by atoms with Crippen LogP contribution in [0.15, 0.2) is 59.4 Å². The molecule has 5 heteroatoms. The highest BCUT2D eigenvalue weighted by molar-refractivity contribution is 7.99. The van der Waals surface area contributed by atoms with Crippen molar-refractivity contribution in [2.45, 2.75) is 6.04 Å². The Hall–Kier alpha value is -2.27. The van der Waals surface area contributed by atoms with Crippen molar-refractivity contribution in [3.8, 4) is 0 Å². The Morgan fingerprint density at radius 3 is 2.79 bits per heavy atom. The van der Waals surface area contributed by atoms with Crippen LogP contribution < -0.4 is 10.5 Å². The third-order valence-electron chi connectivity index (χ3n) is 4.41. The van der Waals surface area contributed by atoms with E-state index in [1.54, 1.807) is 12.1 Å². The van der Waals surface area contributed by atoms with Gasteiger partial charge in [-0.3, -0.25) is 4.79 Å². The zero-order valence-electron chi connectivity index (χ0n) is 13.0. The highest BCUT2D eigenvalue weighted by Gasteiger charge is 2.26. The summed E-state index contributed by atoms with van der Waals surface area (Å²) in [5.74, 6) is 1.64. The molecule has 2 heterocycles. The lowest BCUT2D eigenvalue weighted by Gasteiger charge is -2.37. The van der Waals surface area contributed by atoms with E-state index in [1.165, 1.54) is 17.7 Å². The van der Waals surface area contributed by atoms with Crippen molar-refractivity contribution in [3.63, 3.8) is 0 Å². The second-order valence-electron chi connectivity index (χ2n) is 5.91. The molecule has 4 rings (SSSR count). The average Bonchev–Trinajstić information content (AvgIpc) is 2.62. The normalized spacial score (nSPS) is 18.0. The minimum Gasteiger partial charge on any atom is -0.360 e. The number of fused-ring (bicyclic) bond motifs is 1. The monoisotopic (exact) mass is 340 g/mol. The summed E-state index contributed by atoms with van der Waals surface area (Å²) >= 11 is 1.89. The van der Waals surface area contributed by atoms with E-state index >= 15 is 0 Å². The predicted molar refractivity (Wildman–Crippen MR) is 98.4 cm³/mol. The molecule has 122 valence electrons. The Morgan fingerprint density at radius 2 is 1.96 bits per heavy atom. The van der Waals surface area contributed by atoms with Gasteiger partial charge in [0, 0.05) is 29.5 Å². The van der Waals surface area contributed by atoms with Gasteiger partial charge in [-0.2, -0.15) is 11.8 Å². The number of pyridine rings is 1.